The van der Waals surface area contributed by atoms with Gasteiger partial charge in [-0.3, -0.25) is 4.79 Å². The molecule has 0 aliphatic carbocycles. The molecule has 15 heavy (non-hydrogen) atoms. The lowest BCUT2D eigenvalue weighted by atomic mass is 10.2. The zero-order valence-corrected chi connectivity index (χ0v) is 10.0. The van der Waals surface area contributed by atoms with Gasteiger partial charge in [-0.2, -0.15) is 0 Å². The van der Waals surface area contributed by atoms with Gasteiger partial charge >= 0.3 is 0 Å². The Morgan fingerprint density at radius 2 is 2.20 bits per heavy atom. The van der Waals surface area contributed by atoms with Crippen LogP contribution in [0.5, 0.6) is 0 Å². The summed E-state index contributed by atoms with van der Waals surface area (Å²) >= 11 is 7.65. The fourth-order valence-electron chi connectivity index (χ4n) is 1.53. The first-order valence-corrected chi connectivity index (χ1v) is 5.74. The van der Waals surface area contributed by atoms with Gasteiger partial charge in [-0.1, -0.05) is 11.6 Å². The highest BCUT2D eigenvalue weighted by Crippen LogP contribution is 2.36. The topological polar surface area (TPSA) is 20.3 Å². The van der Waals surface area contributed by atoms with Crippen LogP contribution < -0.4 is 4.90 Å². The number of thiophene rings is 1. The number of aryl methyl sites for hydroxylation is 1. The Labute approximate surface area is 97.1 Å². The van der Waals surface area contributed by atoms with Crippen LogP contribution in [-0.2, 0) is 4.79 Å². The number of carbonyl (C=O) groups is 1. The molecule has 0 aliphatic rings. The standard InChI is InChI=1S/C11H10ClNOS/c1-7-5-15-11-9(7)3-8(12)4-10(11)13(2)6-14/h3-6H,1-2H3. The van der Waals surface area contributed by atoms with Crippen molar-refractivity contribution < 1.29 is 4.79 Å². The highest BCUT2D eigenvalue weighted by molar-refractivity contribution is 7.18. The zero-order valence-electron chi connectivity index (χ0n) is 8.45. The molecule has 0 bridgehead atoms. The van der Waals surface area contributed by atoms with Crippen LogP contribution in [0, 0.1) is 6.92 Å². The molecule has 1 aromatic carbocycles. The Morgan fingerprint density at radius 3 is 2.87 bits per heavy atom. The number of hydrogen-bond donors (Lipinski definition) is 0. The average Bonchev–Trinajstić information content (AvgIpc) is 2.58. The van der Waals surface area contributed by atoms with Gasteiger partial charge in [-0.25, -0.2) is 0 Å². The second kappa shape index (κ2) is 3.83. The van der Waals surface area contributed by atoms with E-state index < -0.39 is 0 Å². The van der Waals surface area contributed by atoms with Crippen LogP contribution in [0.15, 0.2) is 17.5 Å². The van der Waals surface area contributed by atoms with E-state index in [0.29, 0.717) is 5.02 Å². The van der Waals surface area contributed by atoms with E-state index >= 15 is 0 Å². The largest absolute Gasteiger partial charge is 0.317 e. The van der Waals surface area contributed by atoms with Gasteiger partial charge in [0.2, 0.25) is 6.41 Å². The Kier molecular flexibility index (Phi) is 2.67. The number of halogens is 1. The molecule has 1 amide bonds. The number of nitrogens with zero attached hydrogens (tertiary/aromatic N) is 1. The molecule has 2 rings (SSSR count). The van der Waals surface area contributed by atoms with Crippen LogP contribution in [0.1, 0.15) is 5.56 Å². The molecule has 0 N–H and O–H groups in total. The van der Waals surface area contributed by atoms with Crippen molar-refractivity contribution in [2.75, 3.05) is 11.9 Å². The van der Waals surface area contributed by atoms with Gasteiger partial charge in [0, 0.05) is 12.1 Å². The maximum atomic E-state index is 10.8. The molecular formula is C11H10ClNOS. The summed E-state index contributed by atoms with van der Waals surface area (Å²) in [6.45, 7) is 2.04. The molecule has 0 saturated carbocycles. The lowest BCUT2D eigenvalue weighted by molar-refractivity contribution is -0.107. The van der Waals surface area contributed by atoms with E-state index in [1.165, 1.54) is 5.56 Å². The van der Waals surface area contributed by atoms with Gasteiger partial charge in [0.15, 0.2) is 0 Å². The molecule has 0 fully saturated rings. The molecule has 1 aromatic heterocycles. The maximum absolute atomic E-state index is 10.8. The van der Waals surface area contributed by atoms with Crippen molar-refractivity contribution in [3.8, 4) is 0 Å². The van der Waals surface area contributed by atoms with E-state index in [1.807, 2.05) is 19.1 Å². The number of fused-ring (bicyclic) bond motifs is 1. The van der Waals surface area contributed by atoms with Gasteiger partial charge < -0.3 is 4.90 Å². The molecular weight excluding hydrogens is 230 g/mol. The minimum Gasteiger partial charge on any atom is -0.317 e. The van der Waals surface area contributed by atoms with Crippen LogP contribution in [0.25, 0.3) is 10.1 Å². The van der Waals surface area contributed by atoms with E-state index in [0.717, 1.165) is 22.2 Å². The number of benzene rings is 1. The summed E-state index contributed by atoms with van der Waals surface area (Å²) in [5.41, 5.74) is 2.06. The van der Waals surface area contributed by atoms with Crippen molar-refractivity contribution >= 4 is 45.1 Å². The molecule has 0 saturated heterocycles. The molecule has 0 atom stereocenters. The summed E-state index contributed by atoms with van der Waals surface area (Å²) < 4.78 is 1.10. The lowest BCUT2D eigenvalue weighted by Crippen LogP contribution is -2.13. The van der Waals surface area contributed by atoms with Crippen molar-refractivity contribution in [1.29, 1.82) is 0 Å². The summed E-state index contributed by atoms with van der Waals surface area (Å²) in [6, 6.07) is 3.75. The van der Waals surface area contributed by atoms with E-state index in [1.54, 1.807) is 23.3 Å². The van der Waals surface area contributed by atoms with Gasteiger partial charge in [0.25, 0.3) is 0 Å². The maximum Gasteiger partial charge on any atom is 0.213 e. The third-order valence-electron chi connectivity index (χ3n) is 2.35. The first-order chi connectivity index (χ1) is 7.13. The van der Waals surface area contributed by atoms with Crippen LogP contribution >= 0.6 is 22.9 Å². The first-order valence-electron chi connectivity index (χ1n) is 4.49. The smallest absolute Gasteiger partial charge is 0.213 e. The van der Waals surface area contributed by atoms with Crippen LogP contribution in [0.3, 0.4) is 0 Å². The fourth-order valence-corrected chi connectivity index (χ4v) is 2.83. The Balaban J connectivity index is 2.77. The predicted octanol–water partition coefficient (Wildman–Crippen LogP) is 3.46. The predicted molar refractivity (Wildman–Crippen MR) is 66.0 cm³/mol. The molecule has 1 heterocycles. The zero-order chi connectivity index (χ0) is 11.0. The van der Waals surface area contributed by atoms with Crippen molar-refractivity contribution in [3.63, 3.8) is 0 Å². The number of carbonyl (C=O) groups excluding carboxylic acids is 1. The van der Waals surface area contributed by atoms with Gasteiger partial charge in [0.05, 0.1) is 10.4 Å². The van der Waals surface area contributed by atoms with Crippen molar-refractivity contribution in [2.45, 2.75) is 6.92 Å². The number of anilines is 1. The number of amides is 1. The summed E-state index contributed by atoms with van der Waals surface area (Å²) in [7, 11) is 1.73. The van der Waals surface area contributed by atoms with Crippen LogP contribution in [0.4, 0.5) is 5.69 Å². The van der Waals surface area contributed by atoms with Gasteiger partial charge in [0.1, 0.15) is 0 Å². The molecule has 0 unspecified atom stereocenters. The van der Waals surface area contributed by atoms with E-state index in [-0.39, 0.29) is 0 Å². The second-order valence-corrected chi connectivity index (χ2v) is 4.75. The minimum atomic E-state index is 0.660. The molecule has 0 aliphatic heterocycles. The van der Waals surface area contributed by atoms with E-state index in [4.69, 9.17) is 11.6 Å². The molecule has 0 radical (unpaired) electrons. The third kappa shape index (κ3) is 1.73. The highest BCUT2D eigenvalue weighted by atomic mass is 35.5. The number of rotatable bonds is 2. The first kappa shape index (κ1) is 10.5. The summed E-state index contributed by atoms with van der Waals surface area (Å²) in [6.07, 6.45) is 0.792. The lowest BCUT2D eigenvalue weighted by Gasteiger charge is -2.12. The van der Waals surface area contributed by atoms with Crippen molar-refractivity contribution in [2.24, 2.45) is 0 Å². The summed E-state index contributed by atoms with van der Waals surface area (Å²) in [5, 5.41) is 3.85. The summed E-state index contributed by atoms with van der Waals surface area (Å²) in [4.78, 5) is 12.3. The number of hydrogen-bond acceptors (Lipinski definition) is 2. The van der Waals surface area contributed by atoms with Gasteiger partial charge in [-0.05, 0) is 35.4 Å². The van der Waals surface area contributed by atoms with Crippen LogP contribution in [-0.4, -0.2) is 13.5 Å². The second-order valence-electron chi connectivity index (χ2n) is 3.44. The van der Waals surface area contributed by atoms with Crippen LogP contribution in [0.2, 0.25) is 5.02 Å². The molecule has 2 aromatic rings. The Bertz CT molecular complexity index is 521. The Morgan fingerprint density at radius 1 is 1.47 bits per heavy atom. The fraction of sp³-hybridized carbons (Fsp3) is 0.182. The quantitative estimate of drug-likeness (QED) is 0.735. The monoisotopic (exact) mass is 239 g/mol. The molecule has 2 nitrogen and oxygen atoms in total. The molecule has 4 heteroatoms. The van der Waals surface area contributed by atoms with Gasteiger partial charge in [-0.15, -0.1) is 11.3 Å². The normalized spacial score (nSPS) is 10.6. The third-order valence-corrected chi connectivity index (χ3v) is 3.70. The van der Waals surface area contributed by atoms with Crippen molar-refractivity contribution in [3.05, 3.63) is 28.1 Å². The van der Waals surface area contributed by atoms with E-state index in [2.05, 4.69) is 5.38 Å². The summed E-state index contributed by atoms with van der Waals surface area (Å²) in [5.74, 6) is 0. The average molecular weight is 240 g/mol. The molecule has 0 spiro atoms. The highest BCUT2D eigenvalue weighted by Gasteiger charge is 2.10. The minimum absolute atomic E-state index is 0.660. The molecule has 78 valence electrons. The Hall–Kier alpha value is -1.06. The van der Waals surface area contributed by atoms with E-state index in [9.17, 15) is 4.79 Å². The SMILES string of the molecule is Cc1csc2c(N(C)C=O)cc(Cl)cc12. The van der Waals surface area contributed by atoms with Crippen molar-refractivity contribution in [1.82, 2.24) is 0 Å².